The van der Waals surface area contributed by atoms with Crippen LogP contribution in [0.5, 0.6) is 0 Å². The van der Waals surface area contributed by atoms with Crippen molar-refractivity contribution in [3.63, 3.8) is 0 Å². The van der Waals surface area contributed by atoms with Gasteiger partial charge in [-0.3, -0.25) is 0 Å². The fourth-order valence-electron chi connectivity index (χ4n) is 4.65. The number of hydrogen-bond acceptors (Lipinski definition) is 0. The van der Waals surface area contributed by atoms with Crippen LogP contribution in [0.15, 0.2) is 72.3 Å². The van der Waals surface area contributed by atoms with Gasteiger partial charge in [0, 0.05) is 0 Å². The monoisotopic (exact) mass is 511 g/mol. The summed E-state index contributed by atoms with van der Waals surface area (Å²) in [7, 11) is 13.4. The maximum absolute atomic E-state index is 6.70. The van der Waals surface area contributed by atoms with Crippen molar-refractivity contribution >= 4 is 23.1 Å². The molecule has 3 aromatic carbocycles. The van der Waals surface area contributed by atoms with Crippen molar-refractivity contribution in [3.8, 4) is 22.3 Å². The first-order chi connectivity index (χ1) is 14.5. The van der Waals surface area contributed by atoms with Gasteiger partial charge in [-0.1, -0.05) is 0 Å². The number of benzene rings is 3. The molecule has 3 aromatic rings. The predicted octanol–water partition coefficient (Wildman–Crippen LogP) is 9.31. The van der Waals surface area contributed by atoms with Crippen LogP contribution in [0.2, 0.25) is 0 Å². The van der Waals surface area contributed by atoms with Gasteiger partial charge in [-0.2, -0.15) is 0 Å². The van der Waals surface area contributed by atoms with E-state index in [2.05, 4.69) is 93.6 Å². The zero-order valence-electron chi connectivity index (χ0n) is 17.8. The average Bonchev–Trinajstić information content (AvgIpc) is 3.12. The first-order valence-electron chi connectivity index (χ1n) is 10.7. The van der Waals surface area contributed by atoms with Gasteiger partial charge in [0.25, 0.3) is 0 Å². The summed E-state index contributed by atoms with van der Waals surface area (Å²) >= 11 is -2.52. The van der Waals surface area contributed by atoms with Crippen molar-refractivity contribution < 1.29 is 19.4 Å². The Bertz CT molecular complexity index is 1070. The van der Waals surface area contributed by atoms with E-state index in [9.17, 15) is 0 Å². The van der Waals surface area contributed by atoms with Crippen molar-refractivity contribution in [1.82, 2.24) is 0 Å². The molecule has 0 fully saturated rings. The van der Waals surface area contributed by atoms with Crippen molar-refractivity contribution in [2.75, 3.05) is 0 Å². The molecule has 0 radical (unpaired) electrons. The summed E-state index contributed by atoms with van der Waals surface area (Å²) in [4.78, 5) is 0. The summed E-state index contributed by atoms with van der Waals surface area (Å²) in [6.07, 6.45) is 4.59. The van der Waals surface area contributed by atoms with Crippen LogP contribution in [0.1, 0.15) is 59.8 Å². The van der Waals surface area contributed by atoms with Crippen LogP contribution in [-0.2, 0) is 19.4 Å². The number of hydrogen-bond donors (Lipinski definition) is 0. The minimum absolute atomic E-state index is 0.264. The van der Waals surface area contributed by atoms with E-state index in [1.165, 1.54) is 44.5 Å². The second kappa shape index (κ2) is 9.56. The number of fused-ring (bicyclic) bond motifs is 1. The van der Waals surface area contributed by atoms with Crippen molar-refractivity contribution in [2.45, 2.75) is 43.2 Å². The fourth-order valence-corrected chi connectivity index (χ4v) is 10.1. The van der Waals surface area contributed by atoms with E-state index in [1.807, 2.05) is 0 Å². The SMILES string of the molecule is CCCC1=Cc2c(ccc(-c3ccccc3)c2-c2ccccc2C(C)C)[CH]1[Zr]([Cl])[Cl]. The summed E-state index contributed by atoms with van der Waals surface area (Å²) in [6.45, 7) is 6.78. The Morgan fingerprint density at radius 1 is 0.867 bits per heavy atom. The third kappa shape index (κ3) is 4.14. The summed E-state index contributed by atoms with van der Waals surface area (Å²) in [5.74, 6) is 0.448. The molecule has 1 aliphatic carbocycles. The van der Waals surface area contributed by atoms with Crippen LogP contribution in [0.25, 0.3) is 28.3 Å². The van der Waals surface area contributed by atoms with Gasteiger partial charge in [0.1, 0.15) is 0 Å². The minimum atomic E-state index is -2.52. The molecule has 0 N–H and O–H groups in total. The van der Waals surface area contributed by atoms with E-state index in [4.69, 9.17) is 17.0 Å². The van der Waals surface area contributed by atoms with E-state index >= 15 is 0 Å². The van der Waals surface area contributed by atoms with E-state index < -0.39 is 19.4 Å². The molecule has 30 heavy (non-hydrogen) atoms. The topological polar surface area (TPSA) is 0 Å². The molecule has 4 rings (SSSR count). The molecule has 0 spiro atoms. The van der Waals surface area contributed by atoms with Crippen molar-refractivity contribution in [2.24, 2.45) is 0 Å². The number of rotatable bonds is 6. The Morgan fingerprint density at radius 2 is 1.57 bits per heavy atom. The molecule has 0 heterocycles. The molecular formula is C27H27Cl2Zr. The Morgan fingerprint density at radius 3 is 2.23 bits per heavy atom. The Labute approximate surface area is 195 Å². The molecule has 0 nitrogen and oxygen atoms in total. The van der Waals surface area contributed by atoms with Gasteiger partial charge in [0.2, 0.25) is 0 Å². The maximum atomic E-state index is 6.70. The summed E-state index contributed by atoms with van der Waals surface area (Å²) in [6, 6.07) is 24.1. The van der Waals surface area contributed by atoms with Gasteiger partial charge in [0.15, 0.2) is 0 Å². The molecule has 3 heteroatoms. The standard InChI is InChI=1S/C27H27.2ClH.Zr/c1-4-10-20-17-22-15-16-24(21-11-6-5-7-12-21)27(26(22)18-20)25-14-9-8-13-23(25)19(2)3;;;/h5-9,11-19H,4,10H2,1-3H3;2*1H;/q;;;+2/p-2. The summed E-state index contributed by atoms with van der Waals surface area (Å²) in [5, 5.41) is 0. The van der Waals surface area contributed by atoms with Crippen molar-refractivity contribution in [1.29, 1.82) is 0 Å². The summed E-state index contributed by atoms with van der Waals surface area (Å²) < 4.78 is 0.264. The molecule has 0 aromatic heterocycles. The molecule has 0 amide bonds. The van der Waals surface area contributed by atoms with Gasteiger partial charge in [0.05, 0.1) is 0 Å². The second-order valence-corrected chi connectivity index (χ2v) is 17.1. The van der Waals surface area contributed by atoms with E-state index in [-0.39, 0.29) is 3.63 Å². The van der Waals surface area contributed by atoms with Crippen LogP contribution in [0.3, 0.4) is 0 Å². The van der Waals surface area contributed by atoms with E-state index in [1.54, 1.807) is 0 Å². The predicted molar refractivity (Wildman–Crippen MR) is 129 cm³/mol. The third-order valence-electron chi connectivity index (χ3n) is 5.98. The number of halogens is 2. The van der Waals surface area contributed by atoms with Crippen LogP contribution in [0, 0.1) is 0 Å². The van der Waals surface area contributed by atoms with Crippen LogP contribution < -0.4 is 0 Å². The van der Waals surface area contributed by atoms with Crippen LogP contribution in [0.4, 0.5) is 0 Å². The summed E-state index contributed by atoms with van der Waals surface area (Å²) in [5.41, 5.74) is 10.7. The molecule has 1 aliphatic rings. The molecule has 153 valence electrons. The first kappa shape index (κ1) is 22.1. The third-order valence-corrected chi connectivity index (χ3v) is 11.3. The number of allylic oxidation sites excluding steroid dienone is 1. The Kier molecular flexibility index (Phi) is 7.03. The molecular weight excluding hydrogens is 486 g/mol. The molecule has 1 unspecified atom stereocenters. The van der Waals surface area contributed by atoms with Gasteiger partial charge < -0.3 is 0 Å². The molecule has 0 bridgehead atoms. The van der Waals surface area contributed by atoms with Crippen LogP contribution >= 0.6 is 17.0 Å². The molecule has 0 saturated heterocycles. The van der Waals surface area contributed by atoms with Gasteiger partial charge >= 0.3 is 197 Å². The first-order valence-corrected chi connectivity index (χ1v) is 18.5. The zero-order valence-corrected chi connectivity index (χ0v) is 21.7. The van der Waals surface area contributed by atoms with Gasteiger partial charge in [-0.25, -0.2) is 0 Å². The zero-order chi connectivity index (χ0) is 21.3. The Hall–Kier alpha value is -1.14. The second-order valence-electron chi connectivity index (χ2n) is 8.29. The van der Waals surface area contributed by atoms with Gasteiger partial charge in [-0.15, -0.1) is 0 Å². The quantitative estimate of drug-likeness (QED) is 0.308. The normalized spacial score (nSPS) is 15.3. The Balaban J connectivity index is 2.05. The molecule has 0 aliphatic heterocycles. The molecule has 1 atom stereocenters. The average molecular weight is 514 g/mol. The molecule has 0 saturated carbocycles. The van der Waals surface area contributed by atoms with Gasteiger partial charge in [-0.05, 0) is 0 Å². The van der Waals surface area contributed by atoms with Crippen LogP contribution in [-0.4, -0.2) is 0 Å². The van der Waals surface area contributed by atoms with E-state index in [0.717, 1.165) is 12.8 Å². The van der Waals surface area contributed by atoms with E-state index in [0.29, 0.717) is 5.92 Å². The van der Waals surface area contributed by atoms with Crippen molar-refractivity contribution in [3.05, 3.63) is 89.0 Å². The fraction of sp³-hybridized carbons (Fsp3) is 0.259.